The van der Waals surface area contributed by atoms with Crippen LogP contribution in [0.25, 0.3) is 20.8 Å². The minimum atomic E-state index is -0.348. The third-order valence-corrected chi connectivity index (χ3v) is 6.52. The second-order valence-electron chi connectivity index (χ2n) is 7.52. The monoisotopic (exact) mass is 391 g/mol. The van der Waals surface area contributed by atoms with Crippen molar-refractivity contribution in [1.82, 2.24) is 9.88 Å². The largest absolute Gasteiger partial charge is 0.330 e. The lowest BCUT2D eigenvalue weighted by Gasteiger charge is -2.24. The number of aromatic nitrogens is 1. The molecule has 0 bridgehead atoms. The van der Waals surface area contributed by atoms with Crippen LogP contribution in [0.15, 0.2) is 48.5 Å². The Labute approximate surface area is 167 Å². The number of hydrogen-bond donors (Lipinski definition) is 1. The smallest absolute Gasteiger partial charge is 0.247 e. The van der Waals surface area contributed by atoms with Gasteiger partial charge in [0.05, 0.1) is 10.2 Å². The van der Waals surface area contributed by atoms with Crippen LogP contribution in [0, 0.1) is 5.92 Å². The fraction of sp³-hybridized carbons (Fsp3) is 0.318. The molecule has 5 rings (SSSR count). The summed E-state index contributed by atoms with van der Waals surface area (Å²) in [5.41, 5.74) is 2.71. The minimum Gasteiger partial charge on any atom is -0.330 e. The summed E-state index contributed by atoms with van der Waals surface area (Å²) >= 11 is 1.64. The lowest BCUT2D eigenvalue weighted by molar-refractivity contribution is -0.137. The van der Waals surface area contributed by atoms with Gasteiger partial charge in [0.1, 0.15) is 11.0 Å². The predicted octanol–water partition coefficient (Wildman–Crippen LogP) is 4.30. The van der Waals surface area contributed by atoms with Gasteiger partial charge in [0.2, 0.25) is 11.8 Å². The second-order valence-corrected chi connectivity index (χ2v) is 8.55. The zero-order valence-corrected chi connectivity index (χ0v) is 16.2. The maximum absolute atomic E-state index is 12.8. The number of anilines is 1. The summed E-state index contributed by atoms with van der Waals surface area (Å²) in [6.07, 6.45) is 3.56. The highest BCUT2D eigenvalue weighted by molar-refractivity contribution is 7.21. The van der Waals surface area contributed by atoms with Gasteiger partial charge in [0.25, 0.3) is 0 Å². The fourth-order valence-electron chi connectivity index (χ4n) is 3.82. The number of hydrogen-bond acceptors (Lipinski definition) is 4. The summed E-state index contributed by atoms with van der Waals surface area (Å²) in [5, 5.41) is 3.95. The number of nitrogens with one attached hydrogen (secondary N) is 1. The first-order valence-electron chi connectivity index (χ1n) is 9.76. The van der Waals surface area contributed by atoms with Gasteiger partial charge in [-0.25, -0.2) is 4.98 Å². The summed E-state index contributed by atoms with van der Waals surface area (Å²) in [6, 6.07) is 15.5. The number of carbonyl (C=O) groups excluding carboxylic acids is 2. The van der Waals surface area contributed by atoms with Crippen LogP contribution in [-0.4, -0.2) is 34.3 Å². The number of thiazole rings is 1. The molecule has 0 spiro atoms. The normalized spacial score (nSPS) is 19.1. The Morgan fingerprint density at radius 2 is 1.93 bits per heavy atom. The molecule has 1 aliphatic heterocycles. The average molecular weight is 391 g/mol. The van der Waals surface area contributed by atoms with Crippen LogP contribution in [0.3, 0.4) is 0 Å². The van der Waals surface area contributed by atoms with Crippen molar-refractivity contribution in [3.05, 3.63) is 48.5 Å². The summed E-state index contributed by atoms with van der Waals surface area (Å²) in [7, 11) is 0. The minimum absolute atomic E-state index is 0.0899. The van der Waals surface area contributed by atoms with Gasteiger partial charge in [-0.1, -0.05) is 24.3 Å². The molecular formula is C22H21N3O2S. The molecular weight excluding hydrogens is 370 g/mol. The van der Waals surface area contributed by atoms with E-state index in [9.17, 15) is 9.59 Å². The summed E-state index contributed by atoms with van der Waals surface area (Å²) < 4.78 is 1.15. The molecule has 1 saturated heterocycles. The molecule has 2 amide bonds. The number of para-hydroxylation sites is 1. The molecule has 2 heterocycles. The molecule has 1 unspecified atom stereocenters. The van der Waals surface area contributed by atoms with Crippen molar-refractivity contribution in [3.8, 4) is 10.6 Å². The number of benzene rings is 2. The van der Waals surface area contributed by atoms with Gasteiger partial charge in [-0.2, -0.15) is 0 Å². The standard InChI is InChI=1S/C22H21N3O2S/c26-20(18-8-4-12-25(18)22(27)14-10-11-14)23-16-6-3-5-15(13-16)21-24-17-7-1-2-9-19(17)28-21/h1-3,5-7,9,13-14,18H,4,8,10-12H2,(H,23,26). The molecule has 0 radical (unpaired) electrons. The molecule has 1 aromatic heterocycles. The number of rotatable bonds is 4. The van der Waals surface area contributed by atoms with E-state index in [2.05, 4.69) is 11.4 Å². The van der Waals surface area contributed by atoms with E-state index in [1.54, 1.807) is 16.2 Å². The van der Waals surface area contributed by atoms with Gasteiger partial charge < -0.3 is 10.2 Å². The van der Waals surface area contributed by atoms with Crippen molar-refractivity contribution in [2.75, 3.05) is 11.9 Å². The second kappa shape index (κ2) is 7.02. The third kappa shape index (κ3) is 3.29. The number of carbonyl (C=O) groups is 2. The molecule has 1 N–H and O–H groups in total. The molecule has 1 atom stereocenters. The molecule has 1 aliphatic carbocycles. The van der Waals surface area contributed by atoms with E-state index in [1.807, 2.05) is 42.5 Å². The van der Waals surface area contributed by atoms with Crippen molar-refractivity contribution in [2.24, 2.45) is 5.92 Å². The number of likely N-dealkylation sites (tertiary alicyclic amines) is 1. The Balaban J connectivity index is 1.34. The van der Waals surface area contributed by atoms with Gasteiger partial charge in [-0.15, -0.1) is 11.3 Å². The number of fused-ring (bicyclic) bond motifs is 1. The predicted molar refractivity (Wildman–Crippen MR) is 111 cm³/mol. The van der Waals surface area contributed by atoms with Crippen LogP contribution < -0.4 is 5.32 Å². The van der Waals surface area contributed by atoms with E-state index >= 15 is 0 Å². The Morgan fingerprint density at radius 3 is 2.75 bits per heavy atom. The molecule has 5 nitrogen and oxygen atoms in total. The Morgan fingerprint density at radius 1 is 1.07 bits per heavy atom. The van der Waals surface area contributed by atoms with E-state index in [-0.39, 0.29) is 23.8 Å². The van der Waals surface area contributed by atoms with Gasteiger partial charge in [0, 0.05) is 23.7 Å². The lowest BCUT2D eigenvalue weighted by Crippen LogP contribution is -2.43. The van der Waals surface area contributed by atoms with E-state index in [0.717, 1.165) is 52.2 Å². The molecule has 2 fully saturated rings. The molecule has 1 saturated carbocycles. The topological polar surface area (TPSA) is 62.3 Å². The summed E-state index contributed by atoms with van der Waals surface area (Å²) in [4.78, 5) is 31.8. The highest BCUT2D eigenvalue weighted by Gasteiger charge is 2.40. The van der Waals surface area contributed by atoms with Crippen LogP contribution in [0.4, 0.5) is 5.69 Å². The first kappa shape index (κ1) is 17.4. The van der Waals surface area contributed by atoms with Crippen LogP contribution in [0.2, 0.25) is 0 Å². The highest BCUT2D eigenvalue weighted by atomic mass is 32.1. The van der Waals surface area contributed by atoms with Crippen molar-refractivity contribution < 1.29 is 9.59 Å². The van der Waals surface area contributed by atoms with E-state index < -0.39 is 0 Å². The molecule has 28 heavy (non-hydrogen) atoms. The van der Waals surface area contributed by atoms with E-state index in [0.29, 0.717) is 6.54 Å². The van der Waals surface area contributed by atoms with Crippen molar-refractivity contribution in [2.45, 2.75) is 31.7 Å². The zero-order valence-electron chi connectivity index (χ0n) is 15.4. The van der Waals surface area contributed by atoms with Gasteiger partial charge in [-0.05, 0) is 49.9 Å². The highest BCUT2D eigenvalue weighted by Crippen LogP contribution is 2.34. The van der Waals surface area contributed by atoms with Crippen molar-refractivity contribution in [3.63, 3.8) is 0 Å². The number of amides is 2. The zero-order chi connectivity index (χ0) is 19.1. The first-order valence-corrected chi connectivity index (χ1v) is 10.6. The fourth-order valence-corrected chi connectivity index (χ4v) is 4.78. The SMILES string of the molecule is O=C(Nc1cccc(-c2nc3ccccc3s2)c1)C1CCCN1C(=O)C1CC1. The molecule has 2 aliphatic rings. The molecule has 2 aromatic carbocycles. The van der Waals surface area contributed by atoms with Crippen LogP contribution >= 0.6 is 11.3 Å². The molecule has 142 valence electrons. The maximum Gasteiger partial charge on any atom is 0.247 e. The summed E-state index contributed by atoms with van der Waals surface area (Å²) in [6.45, 7) is 0.694. The van der Waals surface area contributed by atoms with Gasteiger partial charge >= 0.3 is 0 Å². The lowest BCUT2D eigenvalue weighted by atomic mass is 10.1. The van der Waals surface area contributed by atoms with Crippen molar-refractivity contribution >= 4 is 39.1 Å². The van der Waals surface area contributed by atoms with Gasteiger partial charge in [-0.3, -0.25) is 9.59 Å². The van der Waals surface area contributed by atoms with Crippen LogP contribution in [0.1, 0.15) is 25.7 Å². The molecule has 3 aromatic rings. The Kier molecular flexibility index (Phi) is 4.36. The quantitative estimate of drug-likeness (QED) is 0.721. The number of nitrogens with zero attached hydrogens (tertiary/aromatic N) is 2. The van der Waals surface area contributed by atoms with E-state index in [1.165, 1.54) is 0 Å². The molecule has 6 heteroatoms. The van der Waals surface area contributed by atoms with Crippen LogP contribution in [-0.2, 0) is 9.59 Å². The average Bonchev–Trinajstić information content (AvgIpc) is 3.28. The van der Waals surface area contributed by atoms with Crippen LogP contribution in [0.5, 0.6) is 0 Å². The Bertz CT molecular complexity index is 1020. The van der Waals surface area contributed by atoms with E-state index in [4.69, 9.17) is 4.98 Å². The van der Waals surface area contributed by atoms with Gasteiger partial charge in [0.15, 0.2) is 0 Å². The summed E-state index contributed by atoms with van der Waals surface area (Å²) in [5.74, 6) is 0.213. The Hall–Kier alpha value is -2.73. The third-order valence-electron chi connectivity index (χ3n) is 5.44. The van der Waals surface area contributed by atoms with Crippen molar-refractivity contribution in [1.29, 1.82) is 0 Å². The maximum atomic E-state index is 12.8. The first-order chi connectivity index (χ1) is 13.7.